The molecule has 23 heavy (non-hydrogen) atoms. The van der Waals surface area contributed by atoms with Crippen molar-refractivity contribution in [2.75, 3.05) is 13.2 Å². The first-order chi connectivity index (χ1) is 11.2. The van der Waals surface area contributed by atoms with Gasteiger partial charge in [-0.3, -0.25) is 0 Å². The van der Waals surface area contributed by atoms with Crippen molar-refractivity contribution in [1.29, 1.82) is 0 Å². The van der Waals surface area contributed by atoms with E-state index >= 15 is 0 Å². The summed E-state index contributed by atoms with van der Waals surface area (Å²) < 4.78 is 12.1. The molecule has 1 atom stereocenters. The molecule has 0 aromatic rings. The van der Waals surface area contributed by atoms with Gasteiger partial charge in [0, 0.05) is 13.2 Å². The third kappa shape index (κ3) is 15.2. The van der Waals surface area contributed by atoms with Crippen LogP contribution in [0, 0.1) is 0 Å². The van der Waals surface area contributed by atoms with Crippen LogP contribution < -0.4 is 0 Å². The van der Waals surface area contributed by atoms with Gasteiger partial charge in [0.05, 0.1) is 0 Å². The Morgan fingerprint density at radius 3 is 1.35 bits per heavy atom. The summed E-state index contributed by atoms with van der Waals surface area (Å²) in [6.45, 7) is 12.2. The molecular weight excluding hydrogens is 300 g/mol. The summed E-state index contributed by atoms with van der Waals surface area (Å²) in [5.74, 6) is 0. The molecule has 0 heterocycles. The second-order valence-corrected chi connectivity index (χ2v) is 9.82. The number of rotatable bonds is 18. The van der Waals surface area contributed by atoms with E-state index in [-0.39, 0.29) is 0 Å². The van der Waals surface area contributed by atoms with Crippen LogP contribution in [0.4, 0.5) is 0 Å². The largest absolute Gasteiger partial charge is 0.391 e. The van der Waals surface area contributed by atoms with Gasteiger partial charge in [0.2, 0.25) is 0 Å². The predicted octanol–water partition coefficient (Wildman–Crippen LogP) is 6.93. The Kier molecular flexibility index (Phi) is 16.6. The van der Waals surface area contributed by atoms with Crippen molar-refractivity contribution in [3.05, 3.63) is 12.3 Å². The highest BCUT2D eigenvalue weighted by molar-refractivity contribution is 6.71. The summed E-state index contributed by atoms with van der Waals surface area (Å²) in [6, 6.07) is 0. The summed E-state index contributed by atoms with van der Waals surface area (Å²) in [5, 5.41) is 0. The molecule has 0 fully saturated rings. The Hall–Kier alpha value is -0.123. The molecule has 2 nitrogen and oxygen atoms in total. The number of hydrogen-bond donors (Lipinski definition) is 0. The molecule has 138 valence electrons. The number of hydrogen-bond acceptors (Lipinski definition) is 2. The lowest BCUT2D eigenvalue weighted by Gasteiger charge is -2.23. The monoisotopic (exact) mass is 342 g/mol. The highest BCUT2D eigenvalue weighted by Crippen LogP contribution is 2.13. The zero-order valence-corrected chi connectivity index (χ0v) is 17.2. The van der Waals surface area contributed by atoms with Gasteiger partial charge in [-0.2, -0.15) is 0 Å². The van der Waals surface area contributed by atoms with Gasteiger partial charge in [-0.15, -0.1) is 6.58 Å². The lowest BCUT2D eigenvalue weighted by atomic mass is 10.1. The Bertz CT molecular complexity index is 258. The molecule has 3 heteroatoms. The van der Waals surface area contributed by atoms with Gasteiger partial charge in [0.1, 0.15) is 0 Å². The maximum atomic E-state index is 6.05. The second-order valence-electron chi connectivity index (χ2n) is 6.81. The summed E-state index contributed by atoms with van der Waals surface area (Å²) in [7, 11) is -2.11. The molecule has 0 amide bonds. The highest BCUT2D eigenvalue weighted by atomic mass is 28.4. The Labute approximate surface area is 147 Å². The fourth-order valence-electron chi connectivity index (χ4n) is 2.65. The molecule has 0 N–H and O–H groups in total. The summed E-state index contributed by atoms with van der Waals surface area (Å²) in [5.41, 5.74) is 1.93. The van der Waals surface area contributed by atoms with Crippen LogP contribution in [0.15, 0.2) is 12.3 Å². The van der Waals surface area contributed by atoms with Gasteiger partial charge in [-0.05, 0) is 25.1 Å². The third-order valence-corrected chi connectivity index (χ3v) is 6.69. The van der Waals surface area contributed by atoms with E-state index in [1.807, 2.05) is 5.70 Å². The first kappa shape index (κ1) is 22.9. The maximum absolute atomic E-state index is 6.05. The average Bonchev–Trinajstić information content (AvgIpc) is 2.56. The Balaban J connectivity index is 3.53. The van der Waals surface area contributed by atoms with Crippen molar-refractivity contribution in [3.63, 3.8) is 0 Å². The lowest BCUT2D eigenvalue weighted by Crippen LogP contribution is -2.37. The minimum Gasteiger partial charge on any atom is -0.391 e. The Morgan fingerprint density at radius 2 is 1.00 bits per heavy atom. The van der Waals surface area contributed by atoms with Gasteiger partial charge in [0.15, 0.2) is 0 Å². The molecule has 0 aromatic carbocycles. The minimum atomic E-state index is -2.11. The number of unbranched alkanes of at least 4 members (excludes halogenated alkanes) is 11. The molecule has 0 aliphatic carbocycles. The van der Waals surface area contributed by atoms with Gasteiger partial charge < -0.3 is 8.85 Å². The first-order valence-corrected chi connectivity index (χ1v) is 12.5. The fourth-order valence-corrected chi connectivity index (χ4v) is 4.07. The quantitative estimate of drug-likeness (QED) is 0.199. The van der Waals surface area contributed by atoms with Crippen LogP contribution in [0.25, 0.3) is 0 Å². The first-order valence-electron chi connectivity index (χ1n) is 10.1. The van der Waals surface area contributed by atoms with E-state index in [9.17, 15) is 0 Å². The van der Waals surface area contributed by atoms with Crippen LogP contribution in [0.5, 0.6) is 0 Å². The van der Waals surface area contributed by atoms with E-state index in [4.69, 9.17) is 8.85 Å². The van der Waals surface area contributed by atoms with Crippen molar-refractivity contribution in [1.82, 2.24) is 0 Å². The van der Waals surface area contributed by atoms with E-state index < -0.39 is 8.56 Å². The molecule has 0 saturated heterocycles. The van der Waals surface area contributed by atoms with Crippen molar-refractivity contribution in [2.45, 2.75) is 104 Å². The second kappa shape index (κ2) is 16.7. The molecule has 0 rings (SSSR count). The van der Waals surface area contributed by atoms with Crippen LogP contribution >= 0.6 is 0 Å². The molecule has 1 unspecified atom stereocenters. The zero-order valence-electron chi connectivity index (χ0n) is 16.2. The normalized spacial score (nSPS) is 13.9. The summed E-state index contributed by atoms with van der Waals surface area (Å²) in [6.07, 6.45) is 17.1. The summed E-state index contributed by atoms with van der Waals surface area (Å²) in [4.78, 5) is 0. The molecule has 0 saturated carbocycles. The lowest BCUT2D eigenvalue weighted by molar-refractivity contribution is 0.177. The Morgan fingerprint density at radius 1 is 0.652 bits per heavy atom. The van der Waals surface area contributed by atoms with Crippen LogP contribution in [-0.4, -0.2) is 21.8 Å². The van der Waals surface area contributed by atoms with E-state index in [1.165, 1.54) is 70.6 Å². The molecule has 0 spiro atoms. The topological polar surface area (TPSA) is 18.5 Å². The van der Waals surface area contributed by atoms with Crippen molar-refractivity contribution in [2.24, 2.45) is 0 Å². The molecule has 0 bridgehead atoms. The van der Waals surface area contributed by atoms with Gasteiger partial charge in [0.25, 0.3) is 0 Å². The van der Waals surface area contributed by atoms with Gasteiger partial charge in [-0.1, -0.05) is 84.5 Å². The SMILES string of the molecule is C=C[Si](C)(OCCCCCCC)OCCCCCCCCCC. The molecule has 0 aromatic heterocycles. The van der Waals surface area contributed by atoms with Crippen molar-refractivity contribution in [3.8, 4) is 0 Å². The molecule has 0 radical (unpaired) electrons. The zero-order chi connectivity index (χ0) is 17.2. The van der Waals surface area contributed by atoms with E-state index in [0.717, 1.165) is 26.1 Å². The van der Waals surface area contributed by atoms with Crippen LogP contribution in [-0.2, 0) is 8.85 Å². The van der Waals surface area contributed by atoms with Crippen molar-refractivity contribution >= 4 is 8.56 Å². The maximum Gasteiger partial charge on any atom is 0.361 e. The van der Waals surface area contributed by atoms with E-state index in [0.29, 0.717) is 0 Å². The molecule has 0 aliphatic rings. The molecule has 0 aliphatic heterocycles. The highest BCUT2D eigenvalue weighted by Gasteiger charge is 2.26. The van der Waals surface area contributed by atoms with Gasteiger partial charge >= 0.3 is 8.56 Å². The van der Waals surface area contributed by atoms with Crippen LogP contribution in [0.2, 0.25) is 6.55 Å². The minimum absolute atomic E-state index is 0.829. The summed E-state index contributed by atoms with van der Waals surface area (Å²) >= 11 is 0. The fraction of sp³-hybridized carbons (Fsp3) is 0.900. The third-order valence-electron chi connectivity index (χ3n) is 4.39. The smallest absolute Gasteiger partial charge is 0.361 e. The average molecular weight is 343 g/mol. The predicted molar refractivity (Wildman–Crippen MR) is 105 cm³/mol. The van der Waals surface area contributed by atoms with Crippen LogP contribution in [0.3, 0.4) is 0 Å². The van der Waals surface area contributed by atoms with E-state index in [1.54, 1.807) is 0 Å². The van der Waals surface area contributed by atoms with Crippen molar-refractivity contribution < 1.29 is 8.85 Å². The van der Waals surface area contributed by atoms with E-state index in [2.05, 4.69) is 27.0 Å². The van der Waals surface area contributed by atoms with Crippen LogP contribution in [0.1, 0.15) is 97.3 Å². The standard InChI is InChI=1S/C20H42O2Si/c1-5-8-10-12-13-14-16-18-20-22-23(4,7-3)21-19-17-15-11-9-6-2/h7H,3,5-6,8-20H2,1-2,4H3. The van der Waals surface area contributed by atoms with Gasteiger partial charge in [-0.25, -0.2) is 0 Å². The molecular formula is C20H42O2Si.